The van der Waals surface area contributed by atoms with Gasteiger partial charge in [-0.25, -0.2) is 0 Å². The van der Waals surface area contributed by atoms with E-state index in [1.165, 1.54) is 5.56 Å². The number of aromatic nitrogens is 3. The normalized spacial score (nSPS) is 13.2. The molecule has 1 atom stereocenters. The number of thioether (sulfide) groups is 1. The SMILES string of the molecule is COc1cccc([C@H](C)Sc2nncn2C(C)(C)C)c1. The lowest BCUT2D eigenvalue weighted by atomic mass is 10.1. The Morgan fingerprint density at radius 3 is 2.70 bits per heavy atom. The maximum absolute atomic E-state index is 5.28. The first-order chi connectivity index (χ1) is 9.41. The number of nitrogens with zero attached hydrogens (tertiary/aromatic N) is 3. The van der Waals surface area contributed by atoms with Crippen LogP contribution in [0.25, 0.3) is 0 Å². The summed E-state index contributed by atoms with van der Waals surface area (Å²) in [7, 11) is 1.69. The first kappa shape index (κ1) is 14.9. The molecule has 0 N–H and O–H groups in total. The van der Waals surface area contributed by atoms with Crippen molar-refractivity contribution in [3.8, 4) is 5.75 Å². The molecule has 0 saturated carbocycles. The molecule has 5 heteroatoms. The molecule has 0 aliphatic carbocycles. The van der Waals surface area contributed by atoms with Gasteiger partial charge in [0.25, 0.3) is 0 Å². The number of hydrogen-bond donors (Lipinski definition) is 0. The van der Waals surface area contributed by atoms with Crippen LogP contribution >= 0.6 is 11.8 Å². The van der Waals surface area contributed by atoms with Crippen LogP contribution in [0.1, 0.15) is 38.5 Å². The molecule has 4 nitrogen and oxygen atoms in total. The second kappa shape index (κ2) is 5.87. The lowest BCUT2D eigenvalue weighted by Gasteiger charge is -2.23. The van der Waals surface area contributed by atoms with Crippen molar-refractivity contribution in [1.82, 2.24) is 14.8 Å². The molecule has 0 unspecified atom stereocenters. The molecular formula is C15H21N3OS. The lowest BCUT2D eigenvalue weighted by Crippen LogP contribution is -2.21. The van der Waals surface area contributed by atoms with E-state index in [9.17, 15) is 0 Å². The van der Waals surface area contributed by atoms with Crippen LogP contribution in [-0.4, -0.2) is 21.9 Å². The van der Waals surface area contributed by atoms with Gasteiger partial charge in [-0.05, 0) is 45.4 Å². The summed E-state index contributed by atoms with van der Waals surface area (Å²) < 4.78 is 7.38. The van der Waals surface area contributed by atoms with Gasteiger partial charge in [0, 0.05) is 10.8 Å². The molecule has 0 amide bonds. The molecule has 108 valence electrons. The second-order valence-corrected chi connectivity index (χ2v) is 7.00. The molecule has 2 rings (SSSR count). The fourth-order valence-corrected chi connectivity index (χ4v) is 3.01. The summed E-state index contributed by atoms with van der Waals surface area (Å²) in [6.07, 6.45) is 1.79. The molecule has 0 bridgehead atoms. The lowest BCUT2D eigenvalue weighted by molar-refractivity contribution is 0.367. The van der Waals surface area contributed by atoms with Gasteiger partial charge in [0.05, 0.1) is 7.11 Å². The maximum Gasteiger partial charge on any atom is 0.192 e. The largest absolute Gasteiger partial charge is 0.497 e. The highest BCUT2D eigenvalue weighted by Gasteiger charge is 2.20. The third-order valence-corrected chi connectivity index (χ3v) is 4.20. The van der Waals surface area contributed by atoms with E-state index >= 15 is 0 Å². The zero-order valence-corrected chi connectivity index (χ0v) is 13.4. The van der Waals surface area contributed by atoms with Gasteiger partial charge in [-0.3, -0.25) is 0 Å². The van der Waals surface area contributed by atoms with E-state index in [1.54, 1.807) is 25.2 Å². The van der Waals surface area contributed by atoms with E-state index in [-0.39, 0.29) is 10.8 Å². The van der Waals surface area contributed by atoms with Crippen LogP contribution in [0.4, 0.5) is 0 Å². The molecular weight excluding hydrogens is 270 g/mol. The van der Waals surface area contributed by atoms with Gasteiger partial charge in [-0.2, -0.15) is 0 Å². The molecule has 0 aliphatic heterocycles. The minimum atomic E-state index is -0.0140. The summed E-state index contributed by atoms with van der Waals surface area (Å²) in [4.78, 5) is 0. The van der Waals surface area contributed by atoms with Crippen molar-refractivity contribution in [1.29, 1.82) is 0 Å². The van der Waals surface area contributed by atoms with Crippen LogP contribution in [0, 0.1) is 0 Å². The van der Waals surface area contributed by atoms with Gasteiger partial charge < -0.3 is 9.30 Å². The predicted molar refractivity (Wildman–Crippen MR) is 82.3 cm³/mol. The Labute approximate surface area is 124 Å². The van der Waals surface area contributed by atoms with E-state index in [4.69, 9.17) is 4.74 Å². The molecule has 1 heterocycles. The van der Waals surface area contributed by atoms with E-state index in [1.807, 2.05) is 12.1 Å². The number of hydrogen-bond acceptors (Lipinski definition) is 4. The number of rotatable bonds is 4. The first-order valence-electron chi connectivity index (χ1n) is 6.63. The van der Waals surface area contributed by atoms with Gasteiger partial charge in [0.1, 0.15) is 12.1 Å². The topological polar surface area (TPSA) is 39.9 Å². The predicted octanol–water partition coefficient (Wildman–Crippen LogP) is 3.90. The highest BCUT2D eigenvalue weighted by Crippen LogP contribution is 2.36. The van der Waals surface area contributed by atoms with Crippen molar-refractivity contribution in [3.05, 3.63) is 36.2 Å². The molecule has 1 aromatic carbocycles. The van der Waals surface area contributed by atoms with Crippen LogP contribution in [0.2, 0.25) is 0 Å². The standard InChI is InChI=1S/C15H21N3OS/c1-11(12-7-6-8-13(9-12)19-5)20-14-17-16-10-18(14)15(2,3)4/h6-11H,1-5H3/t11-/m0/s1. The number of methoxy groups -OCH3 is 1. The Morgan fingerprint density at radius 1 is 1.30 bits per heavy atom. The average Bonchev–Trinajstić information content (AvgIpc) is 2.87. The average molecular weight is 291 g/mol. The van der Waals surface area contributed by atoms with Crippen molar-refractivity contribution in [2.45, 2.75) is 43.6 Å². The fraction of sp³-hybridized carbons (Fsp3) is 0.467. The number of benzene rings is 1. The number of ether oxygens (including phenoxy) is 1. The highest BCUT2D eigenvalue weighted by atomic mass is 32.2. The van der Waals surface area contributed by atoms with Crippen molar-refractivity contribution in [3.63, 3.8) is 0 Å². The monoisotopic (exact) mass is 291 g/mol. The Bertz CT molecular complexity index is 574. The Kier molecular flexibility index (Phi) is 4.38. The van der Waals surface area contributed by atoms with Crippen molar-refractivity contribution < 1.29 is 4.74 Å². The summed E-state index contributed by atoms with van der Waals surface area (Å²) in [5.74, 6) is 0.882. The summed E-state index contributed by atoms with van der Waals surface area (Å²) in [5.41, 5.74) is 1.21. The second-order valence-electron chi connectivity index (χ2n) is 5.69. The smallest absolute Gasteiger partial charge is 0.192 e. The van der Waals surface area contributed by atoms with Crippen LogP contribution in [0.3, 0.4) is 0 Å². The summed E-state index contributed by atoms with van der Waals surface area (Å²) in [6.45, 7) is 8.62. The molecule has 0 radical (unpaired) electrons. The summed E-state index contributed by atoms with van der Waals surface area (Å²) in [5, 5.41) is 9.50. The van der Waals surface area contributed by atoms with E-state index < -0.39 is 0 Å². The molecule has 0 saturated heterocycles. The van der Waals surface area contributed by atoms with Gasteiger partial charge in [0.15, 0.2) is 5.16 Å². The quantitative estimate of drug-likeness (QED) is 0.801. The van der Waals surface area contributed by atoms with Crippen molar-refractivity contribution >= 4 is 11.8 Å². The van der Waals surface area contributed by atoms with E-state index in [0.717, 1.165) is 10.9 Å². The Morgan fingerprint density at radius 2 is 2.05 bits per heavy atom. The fourth-order valence-electron chi connectivity index (χ4n) is 1.89. The maximum atomic E-state index is 5.28. The third-order valence-electron chi connectivity index (χ3n) is 3.08. The third kappa shape index (κ3) is 3.33. The van der Waals surface area contributed by atoms with Crippen LogP contribution in [-0.2, 0) is 5.54 Å². The molecule has 2 aromatic rings. The molecule has 1 aromatic heterocycles. The van der Waals surface area contributed by atoms with Crippen molar-refractivity contribution in [2.24, 2.45) is 0 Å². The summed E-state index contributed by atoms with van der Waals surface area (Å²) in [6, 6.07) is 8.14. The first-order valence-corrected chi connectivity index (χ1v) is 7.51. The van der Waals surface area contributed by atoms with Gasteiger partial charge in [0.2, 0.25) is 0 Å². The Balaban J connectivity index is 2.19. The minimum Gasteiger partial charge on any atom is -0.497 e. The van der Waals surface area contributed by atoms with Crippen LogP contribution < -0.4 is 4.74 Å². The van der Waals surface area contributed by atoms with E-state index in [0.29, 0.717) is 0 Å². The zero-order chi connectivity index (χ0) is 14.8. The molecule has 20 heavy (non-hydrogen) atoms. The van der Waals surface area contributed by atoms with Gasteiger partial charge in [-0.1, -0.05) is 23.9 Å². The summed E-state index contributed by atoms with van der Waals surface area (Å²) >= 11 is 1.71. The van der Waals surface area contributed by atoms with Crippen LogP contribution in [0.15, 0.2) is 35.7 Å². The van der Waals surface area contributed by atoms with Crippen LogP contribution in [0.5, 0.6) is 5.75 Å². The molecule has 0 spiro atoms. The molecule has 0 fully saturated rings. The zero-order valence-electron chi connectivity index (χ0n) is 12.6. The van der Waals surface area contributed by atoms with Gasteiger partial charge >= 0.3 is 0 Å². The van der Waals surface area contributed by atoms with Gasteiger partial charge in [-0.15, -0.1) is 10.2 Å². The minimum absolute atomic E-state index is 0.0140. The highest BCUT2D eigenvalue weighted by molar-refractivity contribution is 7.99. The van der Waals surface area contributed by atoms with E-state index in [2.05, 4.69) is 54.6 Å². The van der Waals surface area contributed by atoms with Crippen molar-refractivity contribution in [2.75, 3.05) is 7.11 Å². The Hall–Kier alpha value is -1.49. The molecule has 0 aliphatic rings.